The van der Waals surface area contributed by atoms with Crippen molar-refractivity contribution in [2.45, 2.75) is 31.8 Å². The molecule has 7 nitrogen and oxygen atoms in total. The first-order valence-electron chi connectivity index (χ1n) is 11.7. The summed E-state index contributed by atoms with van der Waals surface area (Å²) in [5.41, 5.74) is 15.8. The van der Waals surface area contributed by atoms with Crippen molar-refractivity contribution in [3.05, 3.63) is 89.3 Å². The second-order valence-electron chi connectivity index (χ2n) is 8.99. The Balaban J connectivity index is 1.61. The van der Waals surface area contributed by atoms with E-state index in [1.165, 1.54) is 0 Å². The highest BCUT2D eigenvalue weighted by Crippen LogP contribution is 2.31. The molecule has 0 saturated carbocycles. The Bertz CT molecular complexity index is 1480. The zero-order valence-electron chi connectivity index (χ0n) is 19.7. The van der Waals surface area contributed by atoms with Gasteiger partial charge in [-0.1, -0.05) is 48.5 Å². The molecule has 0 bridgehead atoms. The van der Waals surface area contributed by atoms with Gasteiger partial charge in [-0.25, -0.2) is 0 Å². The molecular weight excluding hydrogens is 438 g/mol. The Hall–Kier alpha value is -4.10. The van der Waals surface area contributed by atoms with Gasteiger partial charge < -0.3 is 26.1 Å². The molecule has 0 fully saturated rings. The number of nitrogens with zero attached hydrogens (tertiary/aromatic N) is 1. The van der Waals surface area contributed by atoms with Gasteiger partial charge in [0, 0.05) is 40.1 Å². The van der Waals surface area contributed by atoms with Crippen LogP contribution in [0.15, 0.2) is 72.4 Å². The van der Waals surface area contributed by atoms with Gasteiger partial charge >= 0.3 is 0 Å². The Morgan fingerprint density at radius 3 is 2.66 bits per heavy atom. The number of aromatic nitrogens is 1. The number of hydrogen-bond donors (Lipinski definition) is 4. The predicted octanol–water partition coefficient (Wildman–Crippen LogP) is 4.26. The van der Waals surface area contributed by atoms with E-state index in [9.17, 15) is 4.79 Å². The van der Waals surface area contributed by atoms with Crippen LogP contribution in [0.2, 0.25) is 0 Å². The van der Waals surface area contributed by atoms with Crippen LogP contribution in [0.3, 0.4) is 0 Å². The van der Waals surface area contributed by atoms with Gasteiger partial charge in [0.05, 0.1) is 7.11 Å². The summed E-state index contributed by atoms with van der Waals surface area (Å²) in [7, 11) is 1.67. The maximum Gasteiger partial charge on any atom is 0.272 e. The Morgan fingerprint density at radius 1 is 1.14 bits per heavy atom. The fraction of sp³-hybridized carbons (Fsp3) is 0.214. The summed E-state index contributed by atoms with van der Waals surface area (Å²) < 4.78 is 7.56. The van der Waals surface area contributed by atoms with Gasteiger partial charge in [-0.05, 0) is 48.4 Å². The van der Waals surface area contributed by atoms with E-state index in [4.69, 9.17) is 21.6 Å². The number of nitrogen functional groups attached to an aromatic ring is 1. The fourth-order valence-corrected chi connectivity index (χ4v) is 4.78. The third-order valence-electron chi connectivity index (χ3n) is 6.70. The van der Waals surface area contributed by atoms with Gasteiger partial charge in [0.15, 0.2) is 0 Å². The highest BCUT2D eigenvalue weighted by Gasteiger charge is 2.20. The van der Waals surface area contributed by atoms with E-state index in [0.717, 1.165) is 57.9 Å². The number of allylic oxidation sites excluding steroid dienone is 1. The summed E-state index contributed by atoms with van der Waals surface area (Å²) in [5, 5.41) is 14.0. The van der Waals surface area contributed by atoms with Gasteiger partial charge in [-0.15, -0.1) is 0 Å². The van der Waals surface area contributed by atoms with Gasteiger partial charge in [-0.2, -0.15) is 0 Å². The summed E-state index contributed by atoms with van der Waals surface area (Å²) in [6, 6.07) is 19.7. The molecule has 1 heterocycles. The first-order valence-corrected chi connectivity index (χ1v) is 11.7. The largest absolute Gasteiger partial charge is 0.496 e. The number of methoxy groups -OCH3 is 1. The molecular formula is C28H29N5O2. The minimum absolute atomic E-state index is 0.00995. The molecule has 0 unspecified atom stereocenters. The van der Waals surface area contributed by atoms with Crippen LogP contribution < -0.4 is 21.5 Å². The minimum atomic E-state index is -0.162. The predicted molar refractivity (Wildman–Crippen MR) is 140 cm³/mol. The average molecular weight is 468 g/mol. The summed E-state index contributed by atoms with van der Waals surface area (Å²) in [5.74, 6) is 0.635. The van der Waals surface area contributed by atoms with Gasteiger partial charge in [0.25, 0.3) is 5.91 Å². The number of carbonyl (C=O) groups excluding carboxylic acids is 1. The molecule has 178 valence electrons. The van der Waals surface area contributed by atoms with Gasteiger partial charge in [0.1, 0.15) is 17.3 Å². The number of amidine groups is 1. The average Bonchev–Trinajstić information content (AvgIpc) is 3.23. The highest BCUT2D eigenvalue weighted by molar-refractivity contribution is 6.03. The molecule has 4 aromatic rings. The maximum absolute atomic E-state index is 13.5. The van der Waals surface area contributed by atoms with Crippen LogP contribution in [0.25, 0.3) is 21.7 Å². The van der Waals surface area contributed by atoms with E-state index in [2.05, 4.69) is 11.4 Å². The lowest BCUT2D eigenvalue weighted by atomic mass is 10.00. The SMILES string of the molecule is COc1ccc(Cn2c(C(=O)NC3=CC[C@@H](N)CC3)cc3ccc(C(=N)N)cc32)c2ccccc12. The molecule has 6 N–H and O–H groups in total. The molecule has 0 saturated heterocycles. The van der Waals surface area contributed by atoms with Crippen LogP contribution >= 0.6 is 0 Å². The molecule has 1 aliphatic rings. The molecule has 1 aromatic heterocycles. The van der Waals surface area contributed by atoms with E-state index in [0.29, 0.717) is 17.8 Å². The molecule has 1 amide bonds. The summed E-state index contributed by atoms with van der Waals surface area (Å²) in [6.07, 6.45) is 4.39. The second-order valence-corrected chi connectivity index (χ2v) is 8.99. The van der Waals surface area contributed by atoms with E-state index < -0.39 is 0 Å². The number of nitrogens with two attached hydrogens (primary N) is 2. The highest BCUT2D eigenvalue weighted by atomic mass is 16.5. The first-order chi connectivity index (χ1) is 16.9. The smallest absolute Gasteiger partial charge is 0.272 e. The van der Waals surface area contributed by atoms with Crippen LogP contribution in [0.5, 0.6) is 5.75 Å². The zero-order valence-corrected chi connectivity index (χ0v) is 19.7. The lowest BCUT2D eigenvalue weighted by Gasteiger charge is -2.19. The van der Waals surface area contributed by atoms with Crippen LogP contribution in [0, 0.1) is 5.41 Å². The van der Waals surface area contributed by atoms with Crippen LogP contribution in [-0.4, -0.2) is 29.5 Å². The lowest BCUT2D eigenvalue weighted by Crippen LogP contribution is -2.30. The molecule has 35 heavy (non-hydrogen) atoms. The topological polar surface area (TPSA) is 119 Å². The molecule has 0 spiro atoms. The van der Waals surface area contributed by atoms with Crippen molar-refractivity contribution in [1.29, 1.82) is 5.41 Å². The Morgan fingerprint density at radius 2 is 1.94 bits per heavy atom. The number of fused-ring (bicyclic) bond motifs is 2. The fourth-order valence-electron chi connectivity index (χ4n) is 4.78. The molecule has 1 atom stereocenters. The van der Waals surface area contributed by atoms with Gasteiger partial charge in [0.2, 0.25) is 0 Å². The minimum Gasteiger partial charge on any atom is -0.496 e. The van der Waals surface area contributed by atoms with Crippen LogP contribution in [0.1, 0.15) is 40.9 Å². The van der Waals surface area contributed by atoms with Crippen molar-refractivity contribution in [2.24, 2.45) is 11.5 Å². The molecule has 0 aliphatic heterocycles. The normalized spacial score (nSPS) is 15.7. The number of benzene rings is 3. The third-order valence-corrected chi connectivity index (χ3v) is 6.70. The standard InChI is InChI=1S/C28H29N5O2/c1-35-26-13-8-19(22-4-2-3-5-23(22)26)16-33-24-15-18(27(30)31)7-6-17(24)14-25(33)28(34)32-21-11-9-20(29)10-12-21/h2-8,11,13-15,20H,9-10,12,16,29H2,1H3,(H3,30,31)(H,32,34)/t20-/m1/s1. The Labute approximate surface area is 203 Å². The summed E-state index contributed by atoms with van der Waals surface area (Å²) >= 11 is 0. The van der Waals surface area contributed by atoms with Crippen LogP contribution in [-0.2, 0) is 6.54 Å². The van der Waals surface area contributed by atoms with Crippen molar-refractivity contribution < 1.29 is 9.53 Å². The number of amides is 1. The van der Waals surface area contributed by atoms with E-state index in [-0.39, 0.29) is 17.8 Å². The van der Waals surface area contributed by atoms with E-state index >= 15 is 0 Å². The van der Waals surface area contributed by atoms with Crippen molar-refractivity contribution in [3.63, 3.8) is 0 Å². The van der Waals surface area contributed by atoms with Crippen molar-refractivity contribution >= 4 is 33.4 Å². The summed E-state index contributed by atoms with van der Waals surface area (Å²) in [6.45, 7) is 0.474. The summed E-state index contributed by atoms with van der Waals surface area (Å²) in [4.78, 5) is 13.5. The van der Waals surface area contributed by atoms with E-state index in [1.807, 2.05) is 65.2 Å². The third kappa shape index (κ3) is 4.38. The lowest BCUT2D eigenvalue weighted by molar-refractivity contribution is 0.0955. The molecule has 0 radical (unpaired) electrons. The zero-order chi connectivity index (χ0) is 24.5. The Kier molecular flexibility index (Phi) is 6.01. The van der Waals surface area contributed by atoms with Crippen LogP contribution in [0.4, 0.5) is 0 Å². The second kappa shape index (κ2) is 9.27. The van der Waals surface area contributed by atoms with Crippen molar-refractivity contribution in [2.75, 3.05) is 7.11 Å². The number of nitrogens with one attached hydrogen (secondary N) is 2. The number of carbonyl (C=O) groups is 1. The molecule has 5 rings (SSSR count). The number of hydrogen-bond acceptors (Lipinski definition) is 4. The van der Waals surface area contributed by atoms with E-state index in [1.54, 1.807) is 7.11 Å². The first kappa shape index (κ1) is 22.7. The van der Waals surface area contributed by atoms with Crippen molar-refractivity contribution in [1.82, 2.24) is 9.88 Å². The van der Waals surface area contributed by atoms with Gasteiger partial charge in [-0.3, -0.25) is 10.2 Å². The number of rotatable bonds is 6. The number of ether oxygens (including phenoxy) is 1. The monoisotopic (exact) mass is 467 g/mol. The van der Waals surface area contributed by atoms with Crippen molar-refractivity contribution in [3.8, 4) is 5.75 Å². The maximum atomic E-state index is 13.5. The quantitative estimate of drug-likeness (QED) is 0.250. The molecule has 1 aliphatic carbocycles. The molecule has 7 heteroatoms. The molecule has 3 aromatic carbocycles.